The summed E-state index contributed by atoms with van der Waals surface area (Å²) in [6.45, 7) is 0. The average Bonchev–Trinajstić information content (AvgIpc) is 2.54. The van der Waals surface area contributed by atoms with Crippen molar-refractivity contribution in [3.63, 3.8) is 0 Å². The van der Waals surface area contributed by atoms with Gasteiger partial charge in [-0.05, 0) is 12.8 Å². The number of nitrogens with zero attached hydrogens (tertiary/aromatic N) is 1. The van der Waals surface area contributed by atoms with Crippen LogP contribution in [0, 0.1) is 5.92 Å². The molecule has 2 rings (SSSR count). The Balaban J connectivity index is 2.29. The van der Waals surface area contributed by atoms with Gasteiger partial charge in [-0.3, -0.25) is 9.59 Å². The van der Waals surface area contributed by atoms with Crippen LogP contribution in [0.5, 0.6) is 0 Å². The van der Waals surface area contributed by atoms with E-state index in [1.54, 1.807) is 6.08 Å². The average molecular weight is 231 g/mol. The third kappa shape index (κ3) is 1.80. The summed E-state index contributed by atoms with van der Waals surface area (Å²) in [6, 6.07) is 0. The van der Waals surface area contributed by atoms with Crippen LogP contribution < -0.4 is 0 Å². The van der Waals surface area contributed by atoms with Crippen molar-refractivity contribution in [1.29, 1.82) is 0 Å². The van der Waals surface area contributed by atoms with Gasteiger partial charge in [0.1, 0.15) is 0 Å². The number of carbonyl (C=O) groups excluding carboxylic acids is 2. The van der Waals surface area contributed by atoms with Gasteiger partial charge in [0.15, 0.2) is 0 Å². The number of piperidine rings is 1. The van der Waals surface area contributed by atoms with Gasteiger partial charge in [-0.15, -0.1) is 9.35 Å². The van der Waals surface area contributed by atoms with Crippen LogP contribution in [-0.2, 0) is 24.0 Å². The molecule has 0 aromatic carbocycles. The molecule has 2 amide bonds. The van der Waals surface area contributed by atoms with Crippen molar-refractivity contribution in [2.75, 3.05) is 6.26 Å². The topological polar surface area (TPSA) is 80.8 Å². The first-order valence-electron chi connectivity index (χ1n) is 4.35. The lowest BCUT2D eigenvalue weighted by Crippen LogP contribution is -2.45. The summed E-state index contributed by atoms with van der Waals surface area (Å²) in [5.74, 6) is -1.60. The number of imide groups is 1. The van der Waals surface area contributed by atoms with Crippen LogP contribution in [-0.4, -0.2) is 31.6 Å². The van der Waals surface area contributed by atoms with E-state index in [4.69, 9.17) is 0 Å². The standard InChI is InChI=1S/C8H9NO5S/c1-15(12,13)14-9-7(10)5-2-3-6(4-5)8(9)11/h2,6H,3-4H2,1H3. The summed E-state index contributed by atoms with van der Waals surface area (Å²) in [5.41, 5.74) is 0.447. The van der Waals surface area contributed by atoms with E-state index in [1.807, 2.05) is 0 Å². The molecule has 1 saturated heterocycles. The first kappa shape index (κ1) is 10.3. The largest absolute Gasteiger partial charge is 0.285 e. The molecule has 7 heteroatoms. The molecule has 15 heavy (non-hydrogen) atoms. The van der Waals surface area contributed by atoms with Gasteiger partial charge < -0.3 is 0 Å². The van der Waals surface area contributed by atoms with Crippen LogP contribution in [0.25, 0.3) is 0 Å². The zero-order valence-electron chi connectivity index (χ0n) is 7.97. The second kappa shape index (κ2) is 3.14. The van der Waals surface area contributed by atoms with Gasteiger partial charge in [0.2, 0.25) is 0 Å². The molecule has 1 aliphatic carbocycles. The highest BCUT2D eigenvalue weighted by atomic mass is 32.2. The zero-order chi connectivity index (χ0) is 11.2. The van der Waals surface area contributed by atoms with Crippen LogP contribution in [0.2, 0.25) is 0 Å². The van der Waals surface area contributed by atoms with E-state index in [-0.39, 0.29) is 5.92 Å². The fourth-order valence-electron chi connectivity index (χ4n) is 1.68. The molecule has 0 aromatic heterocycles. The Hall–Kier alpha value is -1.21. The van der Waals surface area contributed by atoms with Crippen LogP contribution in [0.1, 0.15) is 12.8 Å². The Kier molecular flexibility index (Phi) is 2.16. The molecule has 2 bridgehead atoms. The summed E-state index contributed by atoms with van der Waals surface area (Å²) in [6.07, 6.45) is 3.31. The van der Waals surface area contributed by atoms with E-state index in [9.17, 15) is 18.0 Å². The van der Waals surface area contributed by atoms with Gasteiger partial charge in [0.25, 0.3) is 21.9 Å². The van der Waals surface area contributed by atoms with Crippen molar-refractivity contribution in [3.05, 3.63) is 11.6 Å². The second-order valence-corrected chi connectivity index (χ2v) is 5.14. The Morgan fingerprint density at radius 3 is 2.73 bits per heavy atom. The van der Waals surface area contributed by atoms with Gasteiger partial charge in [-0.25, -0.2) is 0 Å². The molecule has 1 unspecified atom stereocenters. The van der Waals surface area contributed by atoms with E-state index >= 15 is 0 Å². The summed E-state index contributed by atoms with van der Waals surface area (Å²) >= 11 is 0. The molecular weight excluding hydrogens is 222 g/mol. The van der Waals surface area contributed by atoms with Crippen molar-refractivity contribution in [2.24, 2.45) is 5.92 Å². The molecule has 1 aliphatic heterocycles. The number of hydrogen-bond acceptors (Lipinski definition) is 5. The van der Waals surface area contributed by atoms with Crippen LogP contribution in [0.15, 0.2) is 11.6 Å². The molecule has 6 nitrogen and oxygen atoms in total. The highest BCUT2D eigenvalue weighted by Gasteiger charge is 2.42. The summed E-state index contributed by atoms with van der Waals surface area (Å²) in [7, 11) is -3.85. The van der Waals surface area contributed by atoms with E-state index in [0.717, 1.165) is 6.26 Å². The number of hydrogen-bond donors (Lipinski definition) is 0. The fourth-order valence-corrected chi connectivity index (χ4v) is 2.09. The normalized spacial score (nSPS) is 25.8. The first-order chi connectivity index (χ1) is 6.88. The molecule has 1 heterocycles. The molecule has 82 valence electrons. The number of fused-ring (bicyclic) bond motifs is 2. The van der Waals surface area contributed by atoms with E-state index in [0.29, 0.717) is 23.5 Å². The maximum atomic E-state index is 11.6. The highest BCUT2D eigenvalue weighted by Crippen LogP contribution is 2.33. The summed E-state index contributed by atoms with van der Waals surface area (Å²) < 4.78 is 26.0. The Bertz CT molecular complexity index is 463. The number of hydroxylamine groups is 2. The Morgan fingerprint density at radius 1 is 1.47 bits per heavy atom. The summed E-state index contributed by atoms with van der Waals surface area (Å²) in [5, 5.41) is 0.350. The smallest absolute Gasteiger partial charge is 0.272 e. The summed E-state index contributed by atoms with van der Waals surface area (Å²) in [4.78, 5) is 23.1. The maximum Gasteiger partial charge on any atom is 0.285 e. The minimum atomic E-state index is -3.85. The lowest BCUT2D eigenvalue weighted by atomic mass is 10.0. The van der Waals surface area contributed by atoms with E-state index < -0.39 is 21.9 Å². The molecule has 0 saturated carbocycles. The molecule has 1 fully saturated rings. The Morgan fingerprint density at radius 2 is 2.13 bits per heavy atom. The lowest BCUT2D eigenvalue weighted by molar-refractivity contribution is -0.174. The van der Waals surface area contributed by atoms with Gasteiger partial charge >= 0.3 is 0 Å². The van der Waals surface area contributed by atoms with E-state index in [1.165, 1.54) is 0 Å². The quantitative estimate of drug-likeness (QED) is 0.603. The minimum Gasteiger partial charge on any atom is -0.272 e. The minimum absolute atomic E-state index is 0.348. The molecule has 0 aromatic rings. The van der Waals surface area contributed by atoms with Crippen molar-refractivity contribution in [3.8, 4) is 0 Å². The molecule has 0 radical (unpaired) electrons. The van der Waals surface area contributed by atoms with Crippen LogP contribution >= 0.6 is 0 Å². The second-order valence-electron chi connectivity index (χ2n) is 3.58. The third-order valence-electron chi connectivity index (χ3n) is 2.33. The number of rotatable bonds is 2. The monoisotopic (exact) mass is 231 g/mol. The lowest BCUT2D eigenvalue weighted by Gasteiger charge is -2.25. The molecular formula is C8H9NO5S. The zero-order valence-corrected chi connectivity index (χ0v) is 8.78. The van der Waals surface area contributed by atoms with Crippen molar-refractivity contribution < 1.29 is 22.3 Å². The predicted octanol–water partition coefficient (Wildman–Crippen LogP) is -0.417. The maximum absolute atomic E-state index is 11.6. The molecule has 0 spiro atoms. The van der Waals surface area contributed by atoms with Gasteiger partial charge in [-0.2, -0.15) is 8.42 Å². The number of carbonyl (C=O) groups is 2. The third-order valence-corrected chi connectivity index (χ3v) is 2.75. The van der Waals surface area contributed by atoms with Gasteiger partial charge in [0.05, 0.1) is 6.26 Å². The van der Waals surface area contributed by atoms with Crippen LogP contribution in [0.3, 0.4) is 0 Å². The fraction of sp³-hybridized carbons (Fsp3) is 0.500. The SMILES string of the molecule is CS(=O)(=O)ON1C(=O)C2=CCC(C2)C1=O. The number of amides is 2. The molecule has 1 atom stereocenters. The Labute approximate surface area is 86.6 Å². The molecule has 0 N–H and O–H groups in total. The first-order valence-corrected chi connectivity index (χ1v) is 6.17. The van der Waals surface area contributed by atoms with E-state index in [2.05, 4.69) is 4.28 Å². The van der Waals surface area contributed by atoms with Crippen molar-refractivity contribution in [1.82, 2.24) is 5.06 Å². The molecule has 2 aliphatic rings. The van der Waals surface area contributed by atoms with Gasteiger partial charge in [-0.1, -0.05) is 6.08 Å². The number of allylic oxidation sites excluding steroid dienone is 1. The van der Waals surface area contributed by atoms with Crippen LogP contribution in [0.4, 0.5) is 0 Å². The highest BCUT2D eigenvalue weighted by molar-refractivity contribution is 7.85. The van der Waals surface area contributed by atoms with Crippen molar-refractivity contribution >= 4 is 21.9 Å². The van der Waals surface area contributed by atoms with Gasteiger partial charge in [0, 0.05) is 11.5 Å². The predicted molar refractivity (Wildman–Crippen MR) is 48.6 cm³/mol. The van der Waals surface area contributed by atoms with Crippen molar-refractivity contribution in [2.45, 2.75) is 12.8 Å².